The second-order valence-electron chi connectivity index (χ2n) is 8.63. The number of Topliss-reactive ketones (excluding diaryl/α,β-unsaturated/α-hetero) is 1. The van der Waals surface area contributed by atoms with Crippen LogP contribution in [-0.2, 0) is 11.4 Å². The van der Waals surface area contributed by atoms with Gasteiger partial charge in [-0.05, 0) is 67.1 Å². The predicted molar refractivity (Wildman–Crippen MR) is 128 cm³/mol. The standard InChI is InChI=1S/C26H28N4O2/c1-29-10-3-11-30(13-12-29)21-7-8-23-24(16-21)28-26(27-23)22-15-20(6-9-25(22)32)19-5-2-4-18(14-19)17-31/h2,4-8,14-16,31H,3,9-13,17H2,1H3,(H,27,28). The fraction of sp³-hybridized carbons (Fsp3) is 0.308. The Morgan fingerprint density at radius 2 is 2.00 bits per heavy atom. The zero-order chi connectivity index (χ0) is 22.1. The van der Waals surface area contributed by atoms with Crippen molar-refractivity contribution in [1.29, 1.82) is 0 Å². The number of benzene rings is 2. The normalized spacial score (nSPS) is 17.9. The van der Waals surface area contributed by atoms with Crippen LogP contribution in [0.2, 0.25) is 0 Å². The number of aliphatic hydroxyl groups excluding tert-OH is 1. The molecule has 1 saturated heterocycles. The fourth-order valence-electron chi connectivity index (χ4n) is 4.48. The first-order valence-corrected chi connectivity index (χ1v) is 11.2. The van der Waals surface area contributed by atoms with Crippen molar-refractivity contribution in [3.63, 3.8) is 0 Å². The summed E-state index contributed by atoms with van der Waals surface area (Å²) in [6.07, 6.45) is 5.34. The monoisotopic (exact) mass is 428 g/mol. The van der Waals surface area contributed by atoms with Gasteiger partial charge in [0.15, 0.2) is 5.78 Å². The third-order valence-corrected chi connectivity index (χ3v) is 6.36. The Morgan fingerprint density at radius 1 is 1.09 bits per heavy atom. The number of hydrogen-bond acceptors (Lipinski definition) is 5. The Bertz CT molecular complexity index is 1220. The van der Waals surface area contributed by atoms with E-state index in [9.17, 15) is 9.90 Å². The van der Waals surface area contributed by atoms with E-state index in [0.29, 0.717) is 17.8 Å². The number of likely N-dealkylation sites (N-methyl/N-ethyl adjacent to an activating group) is 1. The van der Waals surface area contributed by atoms with Crippen LogP contribution in [0.5, 0.6) is 0 Å². The van der Waals surface area contributed by atoms with Gasteiger partial charge in [0.2, 0.25) is 0 Å². The van der Waals surface area contributed by atoms with Crippen LogP contribution in [0.3, 0.4) is 0 Å². The molecule has 6 heteroatoms. The molecule has 0 spiro atoms. The number of aliphatic hydroxyl groups is 1. The summed E-state index contributed by atoms with van der Waals surface area (Å²) in [6, 6.07) is 14.1. The smallest absolute Gasteiger partial charge is 0.170 e. The molecular formula is C26H28N4O2. The predicted octanol–water partition coefficient (Wildman–Crippen LogP) is 3.64. The zero-order valence-electron chi connectivity index (χ0n) is 18.3. The molecule has 0 unspecified atom stereocenters. The second-order valence-corrected chi connectivity index (χ2v) is 8.63. The minimum atomic E-state index is -0.00413. The van der Waals surface area contributed by atoms with Gasteiger partial charge in [-0.2, -0.15) is 0 Å². The van der Waals surface area contributed by atoms with E-state index in [1.54, 1.807) is 0 Å². The summed E-state index contributed by atoms with van der Waals surface area (Å²) in [7, 11) is 2.17. The van der Waals surface area contributed by atoms with Crippen molar-refractivity contribution < 1.29 is 9.90 Å². The van der Waals surface area contributed by atoms with Crippen LogP contribution >= 0.6 is 0 Å². The molecule has 2 aliphatic rings. The Balaban J connectivity index is 1.46. The van der Waals surface area contributed by atoms with Crippen LogP contribution in [-0.4, -0.2) is 59.0 Å². The largest absolute Gasteiger partial charge is 0.392 e. The van der Waals surface area contributed by atoms with Gasteiger partial charge in [-0.3, -0.25) is 4.79 Å². The minimum absolute atomic E-state index is 0.00413. The van der Waals surface area contributed by atoms with Crippen molar-refractivity contribution in [2.45, 2.75) is 19.4 Å². The van der Waals surface area contributed by atoms with Crippen LogP contribution in [0.1, 0.15) is 29.8 Å². The highest BCUT2D eigenvalue weighted by Gasteiger charge is 2.21. The number of rotatable bonds is 4. The van der Waals surface area contributed by atoms with E-state index < -0.39 is 0 Å². The van der Waals surface area contributed by atoms with Gasteiger partial charge in [-0.1, -0.05) is 24.3 Å². The SMILES string of the molecule is CN1CCCN(c2ccc3nc(C4=CC(c5cccc(CO)c5)=CCC4=O)[nH]c3c2)CC1. The number of aromatic nitrogens is 2. The Morgan fingerprint density at radius 3 is 2.88 bits per heavy atom. The van der Waals surface area contributed by atoms with Crippen molar-refractivity contribution in [3.8, 4) is 0 Å². The number of imidazole rings is 1. The molecule has 0 atom stereocenters. The van der Waals surface area contributed by atoms with Gasteiger partial charge in [0.05, 0.1) is 23.2 Å². The number of carbonyl (C=O) groups is 1. The number of allylic oxidation sites excluding steroid dienone is 4. The van der Waals surface area contributed by atoms with Gasteiger partial charge in [-0.15, -0.1) is 0 Å². The van der Waals surface area contributed by atoms with Crippen molar-refractivity contribution in [3.05, 3.63) is 71.6 Å². The fourth-order valence-corrected chi connectivity index (χ4v) is 4.48. The molecule has 6 nitrogen and oxygen atoms in total. The Kier molecular flexibility index (Phi) is 5.64. The maximum absolute atomic E-state index is 12.7. The van der Waals surface area contributed by atoms with Gasteiger partial charge < -0.3 is 19.9 Å². The number of aromatic amines is 1. The summed E-state index contributed by atoms with van der Waals surface area (Å²) >= 11 is 0. The van der Waals surface area contributed by atoms with E-state index in [0.717, 1.165) is 60.3 Å². The lowest BCUT2D eigenvalue weighted by Gasteiger charge is -2.22. The molecular weight excluding hydrogens is 400 g/mol. The van der Waals surface area contributed by atoms with Crippen molar-refractivity contribution >= 4 is 33.7 Å². The number of fused-ring (bicyclic) bond motifs is 1. The first-order chi connectivity index (χ1) is 15.6. The Labute approximate surface area is 187 Å². The lowest BCUT2D eigenvalue weighted by molar-refractivity contribution is -0.113. The minimum Gasteiger partial charge on any atom is -0.392 e. The van der Waals surface area contributed by atoms with Crippen molar-refractivity contribution in [2.24, 2.45) is 0 Å². The summed E-state index contributed by atoms with van der Waals surface area (Å²) < 4.78 is 0. The molecule has 2 aromatic carbocycles. The van der Waals surface area contributed by atoms with E-state index in [1.165, 1.54) is 5.69 Å². The highest BCUT2D eigenvalue weighted by molar-refractivity contribution is 6.24. The Hall–Kier alpha value is -3.22. The zero-order valence-corrected chi connectivity index (χ0v) is 18.3. The van der Waals surface area contributed by atoms with Gasteiger partial charge in [-0.25, -0.2) is 4.98 Å². The number of H-pyrrole nitrogens is 1. The third kappa shape index (κ3) is 4.11. The summed E-state index contributed by atoms with van der Waals surface area (Å²) in [4.78, 5) is 25.6. The van der Waals surface area contributed by atoms with Crippen LogP contribution in [0, 0.1) is 0 Å². The van der Waals surface area contributed by atoms with E-state index in [4.69, 9.17) is 4.98 Å². The maximum Gasteiger partial charge on any atom is 0.170 e. The molecule has 2 N–H and O–H groups in total. The molecule has 1 fully saturated rings. The molecule has 3 aromatic rings. The number of carbonyl (C=O) groups excluding carboxylic acids is 1. The van der Waals surface area contributed by atoms with Crippen LogP contribution in [0.25, 0.3) is 22.2 Å². The van der Waals surface area contributed by atoms with Gasteiger partial charge in [0.25, 0.3) is 0 Å². The molecule has 0 amide bonds. The van der Waals surface area contributed by atoms with Crippen LogP contribution in [0.15, 0.2) is 54.6 Å². The number of anilines is 1. The molecule has 1 aliphatic carbocycles. The first-order valence-electron chi connectivity index (χ1n) is 11.2. The molecule has 0 radical (unpaired) electrons. The van der Waals surface area contributed by atoms with E-state index in [-0.39, 0.29) is 12.4 Å². The number of nitrogens with zero attached hydrogens (tertiary/aromatic N) is 3. The summed E-state index contributed by atoms with van der Waals surface area (Å²) in [5.74, 6) is 0.670. The highest BCUT2D eigenvalue weighted by Crippen LogP contribution is 2.30. The topological polar surface area (TPSA) is 72.5 Å². The van der Waals surface area contributed by atoms with Gasteiger partial charge in [0.1, 0.15) is 5.82 Å². The molecule has 2 heterocycles. The average Bonchev–Trinajstić information content (AvgIpc) is 3.12. The van der Waals surface area contributed by atoms with E-state index in [1.807, 2.05) is 42.5 Å². The van der Waals surface area contributed by atoms with E-state index >= 15 is 0 Å². The summed E-state index contributed by atoms with van der Waals surface area (Å²) in [5, 5.41) is 9.45. The second kappa shape index (κ2) is 8.73. The van der Waals surface area contributed by atoms with Crippen molar-refractivity contribution in [2.75, 3.05) is 38.1 Å². The lowest BCUT2D eigenvalue weighted by atomic mass is 9.92. The number of nitrogens with one attached hydrogen (secondary N) is 1. The average molecular weight is 429 g/mol. The van der Waals surface area contributed by atoms with Crippen LogP contribution < -0.4 is 4.90 Å². The maximum atomic E-state index is 12.7. The molecule has 0 saturated carbocycles. The number of hydrogen-bond donors (Lipinski definition) is 2. The van der Waals surface area contributed by atoms with Crippen LogP contribution in [0.4, 0.5) is 5.69 Å². The lowest BCUT2D eigenvalue weighted by Crippen LogP contribution is -2.28. The molecule has 1 aliphatic heterocycles. The molecule has 0 bridgehead atoms. The first kappa shape index (κ1) is 20.7. The third-order valence-electron chi connectivity index (χ3n) is 6.36. The van der Waals surface area contributed by atoms with Crippen molar-refractivity contribution in [1.82, 2.24) is 14.9 Å². The highest BCUT2D eigenvalue weighted by atomic mass is 16.3. The molecule has 32 heavy (non-hydrogen) atoms. The van der Waals surface area contributed by atoms with Gasteiger partial charge in [0, 0.05) is 31.7 Å². The summed E-state index contributed by atoms with van der Waals surface area (Å²) in [5.41, 5.74) is 6.42. The van der Waals surface area contributed by atoms with E-state index in [2.05, 4.69) is 34.0 Å². The molecule has 5 rings (SSSR count). The number of ketones is 1. The quantitative estimate of drug-likeness (QED) is 0.664. The van der Waals surface area contributed by atoms with Gasteiger partial charge >= 0.3 is 0 Å². The molecule has 1 aromatic heterocycles. The summed E-state index contributed by atoms with van der Waals surface area (Å²) in [6.45, 7) is 4.23. The molecule has 164 valence electrons.